The standard InChI is InChI=1S/C20H24ClN4O5P/c1-31(27,28)30-16-6-2-13(3-7-16)19-24-18-17(20(26)23-12-22-18)25(19)10-11-29-15-8-4-14(21)5-9-15/h4-5,8-9,12-13,16H,2-3,6-7,10-11H2,1H3,(H,27,28)(H,22,23,26). The van der Waals surface area contributed by atoms with Crippen molar-refractivity contribution in [2.24, 2.45) is 0 Å². The molecule has 2 N–H and O–H groups in total. The summed E-state index contributed by atoms with van der Waals surface area (Å²) in [5.74, 6) is 1.56. The number of imidazole rings is 1. The molecule has 2 heterocycles. The van der Waals surface area contributed by atoms with Crippen molar-refractivity contribution in [3.63, 3.8) is 0 Å². The van der Waals surface area contributed by atoms with Crippen LogP contribution in [-0.4, -0.2) is 43.8 Å². The Hall–Kier alpha value is -2.19. The summed E-state index contributed by atoms with van der Waals surface area (Å²) in [7, 11) is -3.51. The van der Waals surface area contributed by atoms with Gasteiger partial charge in [0.05, 0.1) is 19.0 Å². The summed E-state index contributed by atoms with van der Waals surface area (Å²) in [4.78, 5) is 33.4. The third-order valence-corrected chi connectivity index (χ3v) is 6.30. The number of halogens is 1. The molecule has 31 heavy (non-hydrogen) atoms. The van der Waals surface area contributed by atoms with Gasteiger partial charge in [0.25, 0.3) is 5.56 Å². The van der Waals surface area contributed by atoms with Crippen molar-refractivity contribution in [1.82, 2.24) is 19.5 Å². The van der Waals surface area contributed by atoms with Gasteiger partial charge in [-0.1, -0.05) is 11.6 Å². The number of nitrogens with zero attached hydrogens (tertiary/aromatic N) is 3. The number of nitrogens with one attached hydrogen (secondary N) is 1. The molecule has 11 heteroatoms. The Labute approximate surface area is 183 Å². The molecular formula is C20H24ClN4O5P. The van der Waals surface area contributed by atoms with Crippen molar-refractivity contribution >= 4 is 30.4 Å². The average Bonchev–Trinajstić information content (AvgIpc) is 3.09. The van der Waals surface area contributed by atoms with E-state index in [2.05, 4.69) is 15.0 Å². The minimum Gasteiger partial charge on any atom is -0.492 e. The second-order valence-corrected chi connectivity index (χ2v) is 9.96. The van der Waals surface area contributed by atoms with Crippen LogP contribution < -0.4 is 10.3 Å². The largest absolute Gasteiger partial charge is 0.492 e. The molecule has 0 aliphatic heterocycles. The van der Waals surface area contributed by atoms with Crippen molar-refractivity contribution in [2.45, 2.75) is 44.2 Å². The van der Waals surface area contributed by atoms with Crippen LogP contribution in [0.3, 0.4) is 0 Å². The summed E-state index contributed by atoms with van der Waals surface area (Å²) in [5.41, 5.74) is 0.570. The number of hydrogen-bond donors (Lipinski definition) is 2. The molecule has 0 bridgehead atoms. The van der Waals surface area contributed by atoms with Crippen LogP contribution in [0.2, 0.25) is 5.02 Å². The number of aromatic nitrogens is 4. The Balaban J connectivity index is 1.53. The minimum atomic E-state index is -3.51. The topological polar surface area (TPSA) is 119 Å². The second-order valence-electron chi connectivity index (χ2n) is 7.71. The lowest BCUT2D eigenvalue weighted by molar-refractivity contribution is 0.128. The van der Waals surface area contributed by atoms with Gasteiger partial charge in [0, 0.05) is 17.6 Å². The van der Waals surface area contributed by atoms with E-state index in [1.54, 1.807) is 24.3 Å². The SMILES string of the molecule is CP(=O)(O)OC1CCC(c2nc3nc[nH]c(=O)c3n2CCOc2ccc(Cl)cc2)CC1. The lowest BCUT2D eigenvalue weighted by Crippen LogP contribution is -2.23. The van der Waals surface area contributed by atoms with Crippen LogP contribution in [0.1, 0.15) is 37.4 Å². The van der Waals surface area contributed by atoms with Crippen molar-refractivity contribution < 1.29 is 18.7 Å². The van der Waals surface area contributed by atoms with Gasteiger partial charge >= 0.3 is 7.60 Å². The molecule has 0 spiro atoms. The number of benzene rings is 1. The molecule has 0 amide bonds. The summed E-state index contributed by atoms with van der Waals surface area (Å²) in [6, 6.07) is 7.09. The fourth-order valence-electron chi connectivity index (χ4n) is 4.02. The van der Waals surface area contributed by atoms with Gasteiger partial charge in [-0.25, -0.2) is 9.97 Å². The first-order valence-electron chi connectivity index (χ1n) is 10.1. The van der Waals surface area contributed by atoms with Gasteiger partial charge in [0.1, 0.15) is 18.2 Å². The van der Waals surface area contributed by atoms with Crippen LogP contribution in [0.4, 0.5) is 0 Å². The van der Waals surface area contributed by atoms with Gasteiger partial charge in [0.2, 0.25) is 0 Å². The van der Waals surface area contributed by atoms with E-state index in [-0.39, 0.29) is 17.6 Å². The summed E-state index contributed by atoms with van der Waals surface area (Å²) >= 11 is 5.91. The van der Waals surface area contributed by atoms with Crippen molar-refractivity contribution in [3.8, 4) is 5.75 Å². The van der Waals surface area contributed by atoms with E-state index in [4.69, 9.17) is 20.9 Å². The molecule has 9 nitrogen and oxygen atoms in total. The van der Waals surface area contributed by atoms with E-state index in [0.717, 1.165) is 18.7 Å². The van der Waals surface area contributed by atoms with Gasteiger partial charge < -0.3 is 23.7 Å². The Morgan fingerprint density at radius 3 is 2.65 bits per heavy atom. The van der Waals surface area contributed by atoms with Crippen molar-refractivity contribution in [2.75, 3.05) is 13.3 Å². The van der Waals surface area contributed by atoms with E-state index in [0.29, 0.717) is 47.9 Å². The molecule has 2 aromatic heterocycles. The first-order chi connectivity index (χ1) is 14.8. The summed E-state index contributed by atoms with van der Waals surface area (Å²) < 4.78 is 24.5. The van der Waals surface area contributed by atoms with E-state index < -0.39 is 7.60 Å². The maximum Gasteiger partial charge on any atom is 0.325 e. The first-order valence-corrected chi connectivity index (χ1v) is 12.5. The van der Waals surface area contributed by atoms with Gasteiger partial charge in [-0.3, -0.25) is 9.36 Å². The molecule has 0 saturated heterocycles. The predicted molar refractivity (Wildman–Crippen MR) is 117 cm³/mol. The molecular weight excluding hydrogens is 443 g/mol. The first kappa shape index (κ1) is 22.0. The molecule has 1 aliphatic carbocycles. The summed E-state index contributed by atoms with van der Waals surface area (Å²) in [5, 5.41) is 0.632. The molecule has 166 valence electrons. The molecule has 1 saturated carbocycles. The molecule has 1 unspecified atom stereocenters. The Morgan fingerprint density at radius 2 is 1.97 bits per heavy atom. The highest BCUT2D eigenvalue weighted by Gasteiger charge is 2.30. The van der Waals surface area contributed by atoms with Gasteiger partial charge in [-0.05, 0) is 49.9 Å². The van der Waals surface area contributed by atoms with Crippen LogP contribution in [0.25, 0.3) is 11.2 Å². The normalized spacial score (nSPS) is 21.1. The van der Waals surface area contributed by atoms with E-state index >= 15 is 0 Å². The summed E-state index contributed by atoms with van der Waals surface area (Å²) in [6.07, 6.45) is 3.88. The zero-order valence-electron chi connectivity index (χ0n) is 17.0. The maximum absolute atomic E-state index is 12.5. The zero-order valence-corrected chi connectivity index (χ0v) is 18.7. The monoisotopic (exact) mass is 466 g/mol. The number of H-pyrrole nitrogens is 1. The van der Waals surface area contributed by atoms with Crippen molar-refractivity contribution in [1.29, 1.82) is 0 Å². The zero-order chi connectivity index (χ0) is 22.0. The fraction of sp³-hybridized carbons (Fsp3) is 0.450. The highest BCUT2D eigenvalue weighted by molar-refractivity contribution is 7.51. The Bertz CT molecular complexity index is 1150. The number of aromatic amines is 1. The van der Waals surface area contributed by atoms with Crippen LogP contribution >= 0.6 is 19.2 Å². The molecule has 3 aromatic rings. The third-order valence-electron chi connectivity index (χ3n) is 5.36. The van der Waals surface area contributed by atoms with Crippen LogP contribution in [0.5, 0.6) is 5.75 Å². The fourth-order valence-corrected chi connectivity index (χ4v) is 4.91. The number of rotatable bonds is 7. The van der Waals surface area contributed by atoms with Crippen molar-refractivity contribution in [3.05, 3.63) is 51.8 Å². The molecule has 1 aliphatic rings. The quantitative estimate of drug-likeness (QED) is 0.509. The van der Waals surface area contributed by atoms with Gasteiger partial charge in [-0.15, -0.1) is 0 Å². The Morgan fingerprint density at radius 1 is 1.26 bits per heavy atom. The minimum absolute atomic E-state index is 0.0962. The molecule has 4 rings (SSSR count). The van der Waals surface area contributed by atoms with E-state index in [9.17, 15) is 14.3 Å². The molecule has 1 fully saturated rings. The number of fused-ring (bicyclic) bond motifs is 1. The average molecular weight is 467 g/mol. The molecule has 1 atom stereocenters. The van der Waals surface area contributed by atoms with Gasteiger partial charge in [0.15, 0.2) is 11.2 Å². The molecule has 0 radical (unpaired) electrons. The lowest BCUT2D eigenvalue weighted by atomic mass is 9.87. The summed E-state index contributed by atoms with van der Waals surface area (Å²) in [6.45, 7) is 1.98. The highest BCUT2D eigenvalue weighted by Crippen LogP contribution is 2.43. The Kier molecular flexibility index (Phi) is 6.48. The highest BCUT2D eigenvalue weighted by atomic mass is 35.5. The van der Waals surface area contributed by atoms with Crippen LogP contribution in [0, 0.1) is 0 Å². The second kappa shape index (κ2) is 9.12. The number of ether oxygens (including phenoxy) is 1. The predicted octanol–water partition coefficient (Wildman–Crippen LogP) is 3.71. The van der Waals surface area contributed by atoms with Crippen LogP contribution in [0.15, 0.2) is 35.4 Å². The smallest absolute Gasteiger partial charge is 0.325 e. The lowest BCUT2D eigenvalue weighted by Gasteiger charge is -2.29. The van der Waals surface area contributed by atoms with Crippen LogP contribution in [-0.2, 0) is 15.6 Å². The third kappa shape index (κ3) is 5.36. The maximum atomic E-state index is 12.5. The van der Waals surface area contributed by atoms with E-state index in [1.807, 2.05) is 4.57 Å². The molecule has 1 aromatic carbocycles. The number of hydrogen-bond acceptors (Lipinski definition) is 6. The van der Waals surface area contributed by atoms with Gasteiger partial charge in [-0.2, -0.15) is 0 Å². The van der Waals surface area contributed by atoms with E-state index in [1.165, 1.54) is 13.0 Å².